The third kappa shape index (κ3) is 3.64. The second-order valence-electron chi connectivity index (χ2n) is 6.43. The van der Waals surface area contributed by atoms with Crippen molar-refractivity contribution in [2.24, 2.45) is 0 Å². The van der Waals surface area contributed by atoms with Crippen molar-refractivity contribution in [2.45, 2.75) is 6.04 Å². The molecular formula is C21H22N2O3. The van der Waals surface area contributed by atoms with Crippen LogP contribution in [0.15, 0.2) is 65.1 Å². The first-order valence-corrected chi connectivity index (χ1v) is 8.95. The van der Waals surface area contributed by atoms with E-state index in [0.29, 0.717) is 12.3 Å². The maximum Gasteiger partial charge on any atom is 0.287 e. The lowest BCUT2D eigenvalue weighted by Crippen LogP contribution is -2.43. The number of furan rings is 1. The first kappa shape index (κ1) is 16.8. The molecule has 1 aromatic heterocycles. The summed E-state index contributed by atoms with van der Waals surface area (Å²) < 4.78 is 11.1. The summed E-state index contributed by atoms with van der Waals surface area (Å²) in [6.07, 6.45) is 0. The maximum absolute atomic E-state index is 12.6. The van der Waals surface area contributed by atoms with Crippen LogP contribution in [0.2, 0.25) is 0 Å². The molecule has 134 valence electrons. The lowest BCUT2D eigenvalue weighted by molar-refractivity contribution is 0.0161. The predicted octanol–water partition coefficient (Wildman–Crippen LogP) is 3.24. The van der Waals surface area contributed by atoms with E-state index >= 15 is 0 Å². The van der Waals surface area contributed by atoms with Crippen LogP contribution >= 0.6 is 0 Å². The molecule has 1 amide bonds. The van der Waals surface area contributed by atoms with E-state index in [1.54, 1.807) is 6.07 Å². The number of morpholine rings is 1. The van der Waals surface area contributed by atoms with E-state index in [4.69, 9.17) is 9.15 Å². The van der Waals surface area contributed by atoms with Crippen LogP contribution in [0, 0.1) is 0 Å². The van der Waals surface area contributed by atoms with Crippen molar-refractivity contribution in [2.75, 3.05) is 32.8 Å². The molecule has 2 heterocycles. The van der Waals surface area contributed by atoms with E-state index in [1.807, 2.05) is 42.5 Å². The highest BCUT2D eigenvalue weighted by molar-refractivity contribution is 5.96. The van der Waals surface area contributed by atoms with Gasteiger partial charge in [-0.25, -0.2) is 0 Å². The largest absolute Gasteiger partial charge is 0.451 e. The van der Waals surface area contributed by atoms with Crippen molar-refractivity contribution in [3.63, 3.8) is 0 Å². The van der Waals surface area contributed by atoms with Crippen molar-refractivity contribution in [1.29, 1.82) is 0 Å². The fourth-order valence-corrected chi connectivity index (χ4v) is 3.39. The van der Waals surface area contributed by atoms with Crippen molar-refractivity contribution < 1.29 is 13.9 Å². The number of nitrogens with one attached hydrogen (secondary N) is 1. The number of hydrogen-bond donors (Lipinski definition) is 1. The molecule has 1 fully saturated rings. The van der Waals surface area contributed by atoms with Crippen molar-refractivity contribution in [1.82, 2.24) is 10.2 Å². The summed E-state index contributed by atoms with van der Waals surface area (Å²) in [5, 5.41) is 3.98. The van der Waals surface area contributed by atoms with E-state index < -0.39 is 0 Å². The van der Waals surface area contributed by atoms with Crippen LogP contribution in [0.25, 0.3) is 11.0 Å². The molecule has 0 spiro atoms. The Kier molecular flexibility index (Phi) is 5.00. The summed E-state index contributed by atoms with van der Waals surface area (Å²) >= 11 is 0. The SMILES string of the molecule is O=C(NCC(c1ccccc1)N1CCOCC1)c1cc2ccccc2o1. The molecule has 5 nitrogen and oxygen atoms in total. The Morgan fingerprint density at radius 1 is 1.04 bits per heavy atom. The lowest BCUT2D eigenvalue weighted by Gasteiger charge is -2.34. The predicted molar refractivity (Wildman–Crippen MR) is 100 cm³/mol. The van der Waals surface area contributed by atoms with Crippen LogP contribution in [0.4, 0.5) is 0 Å². The van der Waals surface area contributed by atoms with Gasteiger partial charge in [0.15, 0.2) is 5.76 Å². The molecule has 5 heteroatoms. The number of carbonyl (C=O) groups is 1. The van der Waals surface area contributed by atoms with Gasteiger partial charge < -0.3 is 14.5 Å². The van der Waals surface area contributed by atoms with Gasteiger partial charge in [-0.05, 0) is 17.7 Å². The fourth-order valence-electron chi connectivity index (χ4n) is 3.39. The molecule has 1 saturated heterocycles. The summed E-state index contributed by atoms with van der Waals surface area (Å²) in [5.74, 6) is 0.162. The minimum absolute atomic E-state index is 0.119. The van der Waals surface area contributed by atoms with Crippen LogP contribution in [-0.4, -0.2) is 43.7 Å². The van der Waals surface area contributed by atoms with Crippen LogP contribution < -0.4 is 5.32 Å². The minimum atomic E-state index is -0.185. The molecule has 0 aliphatic carbocycles. The summed E-state index contributed by atoms with van der Waals surface area (Å²) in [6, 6.07) is 19.8. The molecule has 26 heavy (non-hydrogen) atoms. The number of ether oxygens (including phenoxy) is 1. The maximum atomic E-state index is 12.6. The van der Waals surface area contributed by atoms with Gasteiger partial charge in [-0.1, -0.05) is 48.5 Å². The molecule has 0 radical (unpaired) electrons. The van der Waals surface area contributed by atoms with Gasteiger partial charge in [0.1, 0.15) is 5.58 Å². The van der Waals surface area contributed by atoms with Gasteiger partial charge in [-0.15, -0.1) is 0 Å². The Morgan fingerprint density at radius 3 is 2.54 bits per heavy atom. The Labute approximate surface area is 152 Å². The number of carbonyl (C=O) groups excluding carboxylic acids is 1. The van der Waals surface area contributed by atoms with E-state index in [2.05, 4.69) is 22.3 Å². The molecule has 1 unspecified atom stereocenters. The van der Waals surface area contributed by atoms with Crippen LogP contribution in [-0.2, 0) is 4.74 Å². The van der Waals surface area contributed by atoms with Crippen molar-refractivity contribution >= 4 is 16.9 Å². The fraction of sp³-hybridized carbons (Fsp3) is 0.286. The van der Waals surface area contributed by atoms with Crippen LogP contribution in [0.3, 0.4) is 0 Å². The summed E-state index contributed by atoms with van der Waals surface area (Å²) in [6.45, 7) is 3.70. The highest BCUT2D eigenvalue weighted by atomic mass is 16.5. The minimum Gasteiger partial charge on any atom is -0.451 e. The highest BCUT2D eigenvalue weighted by Gasteiger charge is 2.23. The Balaban J connectivity index is 1.49. The number of hydrogen-bond acceptors (Lipinski definition) is 4. The lowest BCUT2D eigenvalue weighted by atomic mass is 10.0. The number of amides is 1. The quantitative estimate of drug-likeness (QED) is 0.768. The second kappa shape index (κ2) is 7.72. The van der Waals surface area contributed by atoms with Gasteiger partial charge in [0.2, 0.25) is 0 Å². The summed E-state index contributed by atoms with van der Waals surface area (Å²) in [4.78, 5) is 14.9. The van der Waals surface area contributed by atoms with E-state index in [1.165, 1.54) is 5.56 Å². The number of benzene rings is 2. The molecule has 1 aliphatic rings. The molecule has 0 bridgehead atoms. The van der Waals surface area contributed by atoms with E-state index in [9.17, 15) is 4.79 Å². The molecule has 1 atom stereocenters. The number of fused-ring (bicyclic) bond motifs is 1. The van der Waals surface area contributed by atoms with Gasteiger partial charge in [0.25, 0.3) is 5.91 Å². The van der Waals surface area contributed by atoms with Crippen LogP contribution in [0.5, 0.6) is 0 Å². The first-order valence-electron chi connectivity index (χ1n) is 8.95. The molecule has 0 saturated carbocycles. The normalized spacial score (nSPS) is 16.5. The van der Waals surface area contributed by atoms with Gasteiger partial charge in [-0.3, -0.25) is 9.69 Å². The van der Waals surface area contributed by atoms with Gasteiger partial charge in [0, 0.05) is 25.0 Å². The number of rotatable bonds is 5. The van der Waals surface area contributed by atoms with E-state index in [-0.39, 0.29) is 11.9 Å². The molecule has 4 rings (SSSR count). The van der Waals surface area contributed by atoms with Gasteiger partial charge in [-0.2, -0.15) is 0 Å². The third-order valence-corrected chi connectivity index (χ3v) is 4.78. The van der Waals surface area contributed by atoms with Crippen molar-refractivity contribution in [3.05, 3.63) is 72.0 Å². The zero-order valence-electron chi connectivity index (χ0n) is 14.6. The molecule has 1 N–H and O–H groups in total. The molecular weight excluding hydrogens is 328 g/mol. The molecule has 3 aromatic rings. The molecule has 2 aromatic carbocycles. The van der Waals surface area contributed by atoms with Gasteiger partial charge >= 0.3 is 0 Å². The average molecular weight is 350 g/mol. The second-order valence-corrected chi connectivity index (χ2v) is 6.43. The topological polar surface area (TPSA) is 54.7 Å². The van der Waals surface area contributed by atoms with Gasteiger partial charge in [0.05, 0.1) is 19.3 Å². The Hall–Kier alpha value is -2.63. The number of nitrogens with zero attached hydrogens (tertiary/aromatic N) is 1. The van der Waals surface area contributed by atoms with Crippen molar-refractivity contribution in [3.8, 4) is 0 Å². The van der Waals surface area contributed by atoms with Crippen LogP contribution in [0.1, 0.15) is 22.2 Å². The standard InChI is InChI=1S/C21H22N2O3/c24-21(20-14-17-8-4-5-9-19(17)26-20)22-15-18(16-6-2-1-3-7-16)23-10-12-25-13-11-23/h1-9,14,18H,10-13,15H2,(H,22,24). The smallest absolute Gasteiger partial charge is 0.287 e. The molecule has 1 aliphatic heterocycles. The zero-order valence-corrected chi connectivity index (χ0v) is 14.6. The zero-order chi connectivity index (χ0) is 17.8. The Bertz CT molecular complexity index is 836. The highest BCUT2D eigenvalue weighted by Crippen LogP contribution is 2.22. The monoisotopic (exact) mass is 350 g/mol. The average Bonchev–Trinajstić information content (AvgIpc) is 3.14. The van der Waals surface area contributed by atoms with E-state index in [0.717, 1.165) is 37.3 Å². The summed E-state index contributed by atoms with van der Waals surface area (Å²) in [5.41, 5.74) is 1.92. The third-order valence-electron chi connectivity index (χ3n) is 4.78. The Morgan fingerprint density at radius 2 is 1.77 bits per heavy atom. The summed E-state index contributed by atoms with van der Waals surface area (Å²) in [7, 11) is 0. The number of para-hydroxylation sites is 1. The first-order chi connectivity index (χ1) is 12.8.